The van der Waals surface area contributed by atoms with Crippen molar-refractivity contribution in [1.29, 1.82) is 0 Å². The zero-order chi connectivity index (χ0) is 20.7. The maximum Gasteiger partial charge on any atom is 0.417 e. The molecule has 2 N–H and O–H groups in total. The monoisotopic (exact) mass is 450 g/mol. The van der Waals surface area contributed by atoms with Gasteiger partial charge in [0.1, 0.15) is 0 Å². The van der Waals surface area contributed by atoms with Crippen LogP contribution in [-0.4, -0.2) is 19.6 Å². The molecule has 0 fully saturated rings. The number of carbonyl (C=O) groups excluding carboxylic acids is 1. The Morgan fingerprint density at radius 3 is 2.57 bits per heavy atom. The highest BCUT2D eigenvalue weighted by molar-refractivity contribution is 8.01. The summed E-state index contributed by atoms with van der Waals surface area (Å²) in [7, 11) is -4.18. The molecule has 0 spiro atoms. The van der Waals surface area contributed by atoms with Crippen LogP contribution in [-0.2, 0) is 21.0 Å². The largest absolute Gasteiger partial charge is 0.417 e. The zero-order valence-electron chi connectivity index (χ0n) is 14.3. The molecule has 1 atom stereocenters. The van der Waals surface area contributed by atoms with Crippen LogP contribution >= 0.6 is 23.4 Å². The molecule has 1 unspecified atom stereocenters. The van der Waals surface area contributed by atoms with E-state index in [1.54, 1.807) is 6.07 Å². The predicted molar refractivity (Wildman–Crippen MR) is 102 cm³/mol. The van der Waals surface area contributed by atoms with Crippen molar-refractivity contribution in [3.8, 4) is 0 Å². The maximum absolute atomic E-state index is 13.0. The lowest BCUT2D eigenvalue weighted by Crippen LogP contribution is -2.28. The lowest BCUT2D eigenvalue weighted by Gasteiger charge is -2.23. The molecule has 5 nitrogen and oxygen atoms in total. The predicted octanol–water partition coefficient (Wildman–Crippen LogP) is 4.98. The molecule has 0 radical (unpaired) electrons. The highest BCUT2D eigenvalue weighted by Crippen LogP contribution is 2.39. The van der Waals surface area contributed by atoms with Crippen molar-refractivity contribution in [3.63, 3.8) is 0 Å². The number of sulfonamides is 1. The Morgan fingerprint density at radius 2 is 1.93 bits per heavy atom. The van der Waals surface area contributed by atoms with E-state index in [-0.39, 0.29) is 21.7 Å². The lowest BCUT2D eigenvalue weighted by atomic mass is 10.2. The first-order valence-corrected chi connectivity index (χ1v) is 10.8. The van der Waals surface area contributed by atoms with Crippen LogP contribution in [0, 0.1) is 0 Å². The number of carbonyl (C=O) groups is 1. The summed E-state index contributed by atoms with van der Waals surface area (Å²) in [5.74, 6) is -0.227. The average Bonchev–Trinajstić information content (AvgIpc) is 2.61. The van der Waals surface area contributed by atoms with Crippen molar-refractivity contribution in [1.82, 2.24) is 0 Å². The summed E-state index contributed by atoms with van der Waals surface area (Å²) in [5.41, 5.74) is -1.08. The van der Waals surface area contributed by atoms with E-state index in [9.17, 15) is 26.4 Å². The van der Waals surface area contributed by atoms with Gasteiger partial charge in [0.05, 0.1) is 26.4 Å². The highest BCUT2D eigenvalue weighted by Gasteiger charge is 2.34. The third kappa shape index (κ3) is 4.23. The van der Waals surface area contributed by atoms with E-state index in [4.69, 9.17) is 11.6 Å². The number of anilines is 2. The molecule has 28 heavy (non-hydrogen) atoms. The van der Waals surface area contributed by atoms with E-state index < -0.39 is 26.8 Å². The minimum atomic E-state index is -4.72. The normalized spacial score (nSPS) is 17.0. The van der Waals surface area contributed by atoms with Gasteiger partial charge in [0.25, 0.3) is 10.0 Å². The van der Waals surface area contributed by atoms with Crippen LogP contribution in [0.2, 0.25) is 5.02 Å². The molecular formula is C17H14ClF3N2O3S2. The van der Waals surface area contributed by atoms with Gasteiger partial charge >= 0.3 is 6.18 Å². The van der Waals surface area contributed by atoms with Gasteiger partial charge < -0.3 is 5.32 Å². The summed E-state index contributed by atoms with van der Waals surface area (Å²) >= 11 is 6.87. The quantitative estimate of drug-likeness (QED) is 0.688. The second kappa shape index (κ2) is 7.49. The Kier molecular flexibility index (Phi) is 5.57. The molecule has 0 aliphatic carbocycles. The van der Waals surface area contributed by atoms with E-state index in [1.807, 2.05) is 6.92 Å². The second-order valence-corrected chi connectivity index (χ2v) is 9.29. The standard InChI is InChI=1S/C17H14ClF3N2O3S2/c1-2-14-16(24)22-13-8-10(4-6-15(13)27-14)28(25,26)23-9-3-5-12(18)11(7-9)17(19,20)21/h3-8,14,23H,2H2,1H3,(H,22,24). The Morgan fingerprint density at radius 1 is 1.21 bits per heavy atom. The molecule has 2 aromatic carbocycles. The van der Waals surface area contributed by atoms with Gasteiger partial charge in [0.15, 0.2) is 0 Å². The first-order chi connectivity index (χ1) is 13.0. The number of nitrogens with one attached hydrogen (secondary N) is 2. The van der Waals surface area contributed by atoms with Crippen LogP contribution in [0.15, 0.2) is 46.2 Å². The molecule has 1 heterocycles. The van der Waals surface area contributed by atoms with Gasteiger partial charge in [0.2, 0.25) is 5.91 Å². The number of alkyl halides is 3. The van der Waals surface area contributed by atoms with Crippen molar-refractivity contribution >= 4 is 50.7 Å². The molecule has 2 aromatic rings. The van der Waals surface area contributed by atoms with Crippen molar-refractivity contribution in [3.05, 3.63) is 47.0 Å². The fourth-order valence-electron chi connectivity index (χ4n) is 2.59. The fraction of sp³-hybridized carbons (Fsp3) is 0.235. The van der Waals surface area contributed by atoms with Crippen LogP contribution < -0.4 is 10.0 Å². The average molecular weight is 451 g/mol. The van der Waals surface area contributed by atoms with E-state index in [2.05, 4.69) is 10.0 Å². The topological polar surface area (TPSA) is 75.3 Å². The number of hydrogen-bond acceptors (Lipinski definition) is 4. The van der Waals surface area contributed by atoms with Gasteiger partial charge in [-0.3, -0.25) is 9.52 Å². The third-order valence-electron chi connectivity index (χ3n) is 3.98. The molecule has 1 aliphatic heterocycles. The molecule has 0 aromatic heterocycles. The lowest BCUT2D eigenvalue weighted by molar-refractivity contribution is -0.137. The van der Waals surface area contributed by atoms with Crippen LogP contribution in [0.25, 0.3) is 0 Å². The summed E-state index contributed by atoms with van der Waals surface area (Å²) in [5, 5.41) is 1.86. The molecule has 11 heteroatoms. The van der Waals surface area contributed by atoms with Gasteiger partial charge in [-0.05, 0) is 42.8 Å². The van der Waals surface area contributed by atoms with E-state index in [0.29, 0.717) is 18.2 Å². The van der Waals surface area contributed by atoms with Crippen LogP contribution in [0.1, 0.15) is 18.9 Å². The molecule has 150 valence electrons. The number of benzene rings is 2. The molecule has 0 saturated heterocycles. The molecule has 1 amide bonds. The van der Waals surface area contributed by atoms with Crippen LogP contribution in [0.4, 0.5) is 24.5 Å². The van der Waals surface area contributed by atoms with Crippen LogP contribution in [0.5, 0.6) is 0 Å². The zero-order valence-corrected chi connectivity index (χ0v) is 16.7. The van der Waals surface area contributed by atoms with Crippen LogP contribution in [0.3, 0.4) is 0 Å². The molecule has 3 rings (SSSR count). The number of rotatable bonds is 4. The third-order valence-corrected chi connectivity index (χ3v) is 7.13. The number of halogens is 4. The molecule has 0 bridgehead atoms. The molecule has 1 aliphatic rings. The molecule has 0 saturated carbocycles. The summed E-state index contributed by atoms with van der Waals surface area (Å²) < 4.78 is 66.2. The Hall–Kier alpha value is -1.91. The minimum Gasteiger partial charge on any atom is -0.324 e. The highest BCUT2D eigenvalue weighted by atomic mass is 35.5. The van der Waals surface area contributed by atoms with Crippen molar-refractivity contribution in [2.45, 2.75) is 34.6 Å². The number of fused-ring (bicyclic) bond motifs is 1. The summed E-state index contributed by atoms with van der Waals surface area (Å²) in [6.07, 6.45) is -4.10. The van der Waals surface area contributed by atoms with Crippen molar-refractivity contribution < 1.29 is 26.4 Å². The minimum absolute atomic E-state index is 0.189. The summed E-state index contributed by atoms with van der Waals surface area (Å²) in [4.78, 5) is 12.5. The van der Waals surface area contributed by atoms with Gasteiger partial charge in [0, 0.05) is 10.6 Å². The van der Waals surface area contributed by atoms with Crippen molar-refractivity contribution in [2.24, 2.45) is 0 Å². The number of amides is 1. The maximum atomic E-state index is 13.0. The first kappa shape index (κ1) is 20.8. The Balaban J connectivity index is 1.91. The number of hydrogen-bond donors (Lipinski definition) is 2. The van der Waals surface area contributed by atoms with Gasteiger partial charge in [-0.25, -0.2) is 8.42 Å². The Labute approximate surface area is 168 Å². The first-order valence-electron chi connectivity index (χ1n) is 8.02. The van der Waals surface area contributed by atoms with Gasteiger partial charge in [-0.1, -0.05) is 18.5 Å². The second-order valence-electron chi connectivity index (χ2n) is 5.96. The van der Waals surface area contributed by atoms with Crippen molar-refractivity contribution in [2.75, 3.05) is 10.0 Å². The van der Waals surface area contributed by atoms with Gasteiger partial charge in [-0.2, -0.15) is 13.2 Å². The summed E-state index contributed by atoms with van der Waals surface area (Å²) in [6.45, 7) is 1.87. The summed E-state index contributed by atoms with van der Waals surface area (Å²) in [6, 6.07) is 6.89. The number of thioether (sulfide) groups is 1. The fourth-order valence-corrected chi connectivity index (χ4v) is 4.91. The Bertz CT molecular complexity index is 1040. The smallest absolute Gasteiger partial charge is 0.324 e. The molecular weight excluding hydrogens is 437 g/mol. The van der Waals surface area contributed by atoms with E-state index >= 15 is 0 Å². The SMILES string of the molecule is CCC1Sc2ccc(S(=O)(=O)Nc3ccc(Cl)c(C(F)(F)F)c3)cc2NC1=O. The van der Waals surface area contributed by atoms with E-state index in [0.717, 1.165) is 17.0 Å². The van der Waals surface area contributed by atoms with E-state index in [1.165, 1.54) is 23.9 Å². The van der Waals surface area contributed by atoms with Gasteiger partial charge in [-0.15, -0.1) is 11.8 Å².